The van der Waals surface area contributed by atoms with Gasteiger partial charge in [-0.15, -0.1) is 0 Å². The van der Waals surface area contributed by atoms with Gasteiger partial charge >= 0.3 is 0 Å². The number of hydrogen-bond donors (Lipinski definition) is 2. The summed E-state index contributed by atoms with van der Waals surface area (Å²) in [7, 11) is -3.09. The molecule has 2 heterocycles. The summed E-state index contributed by atoms with van der Waals surface area (Å²) in [5, 5.41) is 12.5. The maximum Gasteiger partial charge on any atom is 0.154 e. The van der Waals surface area contributed by atoms with Crippen molar-refractivity contribution in [2.75, 3.05) is 11.5 Å². The maximum atomic E-state index is 11.2. The van der Waals surface area contributed by atoms with Crippen LogP contribution in [0.3, 0.4) is 0 Å². The van der Waals surface area contributed by atoms with E-state index in [-0.39, 0.29) is 11.5 Å². The molecule has 2 rings (SSSR count). The van der Waals surface area contributed by atoms with Gasteiger partial charge in [0.25, 0.3) is 0 Å². The molecule has 0 saturated carbocycles. The van der Waals surface area contributed by atoms with Crippen LogP contribution in [0.2, 0.25) is 0 Å². The van der Waals surface area contributed by atoms with Gasteiger partial charge in [-0.1, -0.05) is 0 Å². The van der Waals surface area contributed by atoms with E-state index in [0.29, 0.717) is 6.54 Å². The Morgan fingerprint density at radius 3 is 2.75 bits per heavy atom. The van der Waals surface area contributed by atoms with Gasteiger partial charge < -0.3 is 14.8 Å². The summed E-state index contributed by atoms with van der Waals surface area (Å²) in [6, 6.07) is 3.28. The first-order valence-corrected chi connectivity index (χ1v) is 6.95. The number of furan rings is 1. The van der Waals surface area contributed by atoms with Crippen molar-refractivity contribution in [3.8, 4) is 0 Å². The number of rotatable bonds is 3. The molecule has 1 saturated heterocycles. The summed E-state index contributed by atoms with van der Waals surface area (Å²) in [6.07, 6.45) is -0.818. The van der Waals surface area contributed by atoms with E-state index in [9.17, 15) is 13.5 Å². The lowest BCUT2D eigenvalue weighted by atomic mass is 10.2. The van der Waals surface area contributed by atoms with Gasteiger partial charge in [-0.2, -0.15) is 0 Å². The minimum Gasteiger partial charge on any atom is -0.465 e. The van der Waals surface area contributed by atoms with Gasteiger partial charge in [0.2, 0.25) is 0 Å². The van der Waals surface area contributed by atoms with Crippen LogP contribution in [-0.4, -0.2) is 37.2 Å². The third-order valence-corrected chi connectivity index (χ3v) is 4.37. The zero-order valence-corrected chi connectivity index (χ0v) is 9.83. The molecule has 0 unspecified atom stereocenters. The van der Waals surface area contributed by atoms with Crippen molar-refractivity contribution in [2.24, 2.45) is 0 Å². The van der Waals surface area contributed by atoms with Crippen LogP contribution < -0.4 is 5.32 Å². The second-order valence-corrected chi connectivity index (χ2v) is 6.30. The van der Waals surface area contributed by atoms with E-state index in [4.69, 9.17) is 4.42 Å². The minimum atomic E-state index is -3.09. The molecule has 0 aliphatic carbocycles. The lowest BCUT2D eigenvalue weighted by molar-refractivity contribution is 0.164. The van der Waals surface area contributed by atoms with Gasteiger partial charge in [-0.3, -0.25) is 0 Å². The van der Waals surface area contributed by atoms with Crippen molar-refractivity contribution in [3.63, 3.8) is 0 Å². The average Bonchev–Trinajstić information content (AvgIpc) is 2.67. The molecule has 1 aliphatic rings. The zero-order chi connectivity index (χ0) is 11.8. The molecule has 1 aromatic heterocycles. The van der Waals surface area contributed by atoms with Crippen molar-refractivity contribution >= 4 is 9.84 Å². The third kappa shape index (κ3) is 2.63. The first-order chi connectivity index (χ1) is 7.46. The molecule has 1 aliphatic heterocycles. The summed E-state index contributed by atoms with van der Waals surface area (Å²) in [5.41, 5.74) is 0. The molecule has 1 aromatic rings. The van der Waals surface area contributed by atoms with Crippen molar-refractivity contribution in [1.82, 2.24) is 5.32 Å². The Balaban J connectivity index is 1.92. The standard InChI is InChI=1S/C10H15NO4S/c1-7-2-3-8(15-7)4-11-9-5-16(13,14)6-10(9)12/h2-3,9-12H,4-6H2,1H3/t9-,10-/m1/s1. The van der Waals surface area contributed by atoms with Crippen molar-refractivity contribution < 1.29 is 17.9 Å². The summed E-state index contributed by atoms with van der Waals surface area (Å²) < 4.78 is 27.8. The highest BCUT2D eigenvalue weighted by atomic mass is 32.2. The molecule has 0 spiro atoms. The molecule has 6 heteroatoms. The van der Waals surface area contributed by atoms with Gasteiger partial charge in [-0.25, -0.2) is 8.42 Å². The van der Waals surface area contributed by atoms with E-state index >= 15 is 0 Å². The SMILES string of the molecule is Cc1ccc(CN[C@@H]2CS(=O)(=O)C[C@H]2O)o1. The Kier molecular flexibility index (Phi) is 3.05. The second kappa shape index (κ2) is 4.20. The van der Waals surface area contributed by atoms with Crippen LogP contribution in [0.15, 0.2) is 16.5 Å². The second-order valence-electron chi connectivity index (χ2n) is 4.14. The molecule has 16 heavy (non-hydrogen) atoms. The van der Waals surface area contributed by atoms with Crippen molar-refractivity contribution in [3.05, 3.63) is 23.7 Å². The number of nitrogens with one attached hydrogen (secondary N) is 1. The monoisotopic (exact) mass is 245 g/mol. The fourth-order valence-corrected chi connectivity index (χ4v) is 3.61. The highest BCUT2D eigenvalue weighted by Gasteiger charge is 2.35. The first kappa shape index (κ1) is 11.6. The van der Waals surface area contributed by atoms with Crippen LogP contribution >= 0.6 is 0 Å². The Bertz CT molecular complexity index is 465. The van der Waals surface area contributed by atoms with Gasteiger partial charge in [0, 0.05) is 6.04 Å². The Labute approximate surface area is 94.4 Å². The zero-order valence-electron chi connectivity index (χ0n) is 9.01. The van der Waals surface area contributed by atoms with Crippen LogP contribution in [0.4, 0.5) is 0 Å². The van der Waals surface area contributed by atoms with Crippen molar-refractivity contribution in [1.29, 1.82) is 0 Å². The third-order valence-electron chi connectivity index (χ3n) is 2.66. The molecular formula is C10H15NO4S. The molecular weight excluding hydrogens is 230 g/mol. The van der Waals surface area contributed by atoms with Gasteiger partial charge in [0.15, 0.2) is 9.84 Å². The molecule has 0 radical (unpaired) electrons. The number of aliphatic hydroxyl groups is 1. The lowest BCUT2D eigenvalue weighted by Gasteiger charge is -2.13. The number of aliphatic hydroxyl groups excluding tert-OH is 1. The molecule has 2 N–H and O–H groups in total. The first-order valence-electron chi connectivity index (χ1n) is 5.13. The molecule has 2 atom stereocenters. The average molecular weight is 245 g/mol. The van der Waals surface area contributed by atoms with E-state index in [0.717, 1.165) is 11.5 Å². The van der Waals surface area contributed by atoms with Crippen LogP contribution in [0.5, 0.6) is 0 Å². The van der Waals surface area contributed by atoms with E-state index in [1.165, 1.54) is 0 Å². The van der Waals surface area contributed by atoms with Gasteiger partial charge in [0.05, 0.1) is 24.2 Å². The summed E-state index contributed by atoms with van der Waals surface area (Å²) in [4.78, 5) is 0. The minimum absolute atomic E-state index is 0.00609. The molecule has 0 aromatic carbocycles. The van der Waals surface area contributed by atoms with E-state index in [1.54, 1.807) is 0 Å². The largest absolute Gasteiger partial charge is 0.465 e. The van der Waals surface area contributed by atoms with E-state index in [2.05, 4.69) is 5.32 Å². The van der Waals surface area contributed by atoms with Gasteiger partial charge in [-0.05, 0) is 19.1 Å². The van der Waals surface area contributed by atoms with Crippen LogP contribution in [0.25, 0.3) is 0 Å². The predicted octanol–water partition coefficient (Wildman–Crippen LogP) is -0.164. The fraction of sp³-hybridized carbons (Fsp3) is 0.600. The van der Waals surface area contributed by atoms with Crippen LogP contribution in [0.1, 0.15) is 11.5 Å². The molecule has 90 valence electrons. The predicted molar refractivity (Wildman–Crippen MR) is 58.7 cm³/mol. The topological polar surface area (TPSA) is 79.5 Å². The summed E-state index contributed by atoms with van der Waals surface area (Å²) in [6.45, 7) is 2.28. The normalized spacial score (nSPS) is 28.4. The highest BCUT2D eigenvalue weighted by Crippen LogP contribution is 2.13. The molecule has 5 nitrogen and oxygen atoms in total. The van der Waals surface area contributed by atoms with E-state index < -0.39 is 22.0 Å². The van der Waals surface area contributed by atoms with Crippen LogP contribution in [-0.2, 0) is 16.4 Å². The Hall–Kier alpha value is -0.850. The fourth-order valence-electron chi connectivity index (χ4n) is 1.84. The number of sulfone groups is 1. The number of aryl methyl sites for hydroxylation is 1. The smallest absolute Gasteiger partial charge is 0.154 e. The Morgan fingerprint density at radius 1 is 1.50 bits per heavy atom. The number of hydrogen-bond acceptors (Lipinski definition) is 5. The quantitative estimate of drug-likeness (QED) is 0.773. The van der Waals surface area contributed by atoms with Crippen LogP contribution in [0, 0.1) is 6.92 Å². The van der Waals surface area contributed by atoms with E-state index in [1.807, 2.05) is 19.1 Å². The highest BCUT2D eigenvalue weighted by molar-refractivity contribution is 7.91. The summed E-state index contributed by atoms with van der Waals surface area (Å²) >= 11 is 0. The lowest BCUT2D eigenvalue weighted by Crippen LogP contribution is -2.38. The molecule has 0 bridgehead atoms. The molecule has 1 fully saturated rings. The molecule has 0 amide bonds. The van der Waals surface area contributed by atoms with Gasteiger partial charge in [0.1, 0.15) is 11.5 Å². The summed E-state index contributed by atoms with van der Waals surface area (Å²) in [5.74, 6) is 1.40. The maximum absolute atomic E-state index is 11.2. The van der Waals surface area contributed by atoms with Crippen molar-refractivity contribution in [2.45, 2.75) is 25.6 Å². The Morgan fingerprint density at radius 2 is 2.25 bits per heavy atom.